The van der Waals surface area contributed by atoms with E-state index in [-0.39, 0.29) is 23.6 Å². The molecule has 5 heteroatoms. The number of piperidine rings is 1. The lowest BCUT2D eigenvalue weighted by atomic mass is 9.89. The quantitative estimate of drug-likeness (QED) is 0.454. The van der Waals surface area contributed by atoms with Gasteiger partial charge in [0, 0.05) is 30.6 Å². The van der Waals surface area contributed by atoms with Crippen molar-refractivity contribution in [1.82, 2.24) is 4.90 Å². The van der Waals surface area contributed by atoms with E-state index in [1.54, 1.807) is 35.2 Å². The minimum Gasteiger partial charge on any atom is -0.465 e. The zero-order chi connectivity index (χ0) is 19.9. The highest BCUT2D eigenvalue weighted by Crippen LogP contribution is 2.22. The van der Waals surface area contributed by atoms with Crippen LogP contribution < -0.4 is 0 Å². The van der Waals surface area contributed by atoms with Crippen molar-refractivity contribution in [3.63, 3.8) is 0 Å². The van der Waals surface area contributed by atoms with Gasteiger partial charge in [-0.1, -0.05) is 42.5 Å². The fraction of sp³-hybridized carbons (Fsp3) is 0.261. The molecule has 0 aromatic heterocycles. The number of amides is 1. The Morgan fingerprint density at radius 3 is 2.18 bits per heavy atom. The predicted octanol–water partition coefficient (Wildman–Crippen LogP) is 3.61. The van der Waals surface area contributed by atoms with Crippen LogP contribution in [0.1, 0.15) is 39.1 Å². The zero-order valence-corrected chi connectivity index (χ0v) is 15.8. The molecular weight excluding hydrogens is 354 g/mol. The van der Waals surface area contributed by atoms with Gasteiger partial charge in [0.25, 0.3) is 0 Å². The van der Waals surface area contributed by atoms with Crippen molar-refractivity contribution in [3.8, 4) is 0 Å². The van der Waals surface area contributed by atoms with E-state index in [0.29, 0.717) is 31.5 Å². The first kappa shape index (κ1) is 19.5. The predicted molar refractivity (Wildman–Crippen MR) is 107 cm³/mol. The van der Waals surface area contributed by atoms with Crippen LogP contribution in [0.15, 0.2) is 60.7 Å². The van der Waals surface area contributed by atoms with Crippen molar-refractivity contribution in [3.05, 3.63) is 77.4 Å². The number of esters is 1. The number of carbonyl (C=O) groups excluding carboxylic acids is 3. The first-order chi connectivity index (χ1) is 13.6. The molecule has 28 heavy (non-hydrogen) atoms. The van der Waals surface area contributed by atoms with Crippen LogP contribution in [-0.4, -0.2) is 42.8 Å². The monoisotopic (exact) mass is 377 g/mol. The molecule has 0 radical (unpaired) electrons. The second-order valence-electron chi connectivity index (χ2n) is 6.78. The number of hydrogen-bond donors (Lipinski definition) is 0. The lowest BCUT2D eigenvalue weighted by molar-refractivity contribution is -0.127. The maximum absolute atomic E-state index is 12.5. The molecule has 1 heterocycles. The number of likely N-dealkylation sites (tertiary alicyclic amines) is 1. The Morgan fingerprint density at radius 1 is 0.929 bits per heavy atom. The van der Waals surface area contributed by atoms with Gasteiger partial charge < -0.3 is 9.64 Å². The smallest absolute Gasteiger partial charge is 0.337 e. The van der Waals surface area contributed by atoms with Crippen LogP contribution in [0.3, 0.4) is 0 Å². The van der Waals surface area contributed by atoms with Crippen LogP contribution >= 0.6 is 0 Å². The highest BCUT2D eigenvalue weighted by atomic mass is 16.5. The number of ether oxygens (including phenoxy) is 1. The van der Waals surface area contributed by atoms with E-state index in [0.717, 1.165) is 11.1 Å². The van der Waals surface area contributed by atoms with Gasteiger partial charge in [0.1, 0.15) is 0 Å². The SMILES string of the molecule is COC(=O)c1ccc(C=CC(=O)N2CCC(C(=O)c3ccccc3)CC2)cc1. The Kier molecular flexibility index (Phi) is 6.37. The maximum atomic E-state index is 12.5. The molecule has 144 valence electrons. The topological polar surface area (TPSA) is 63.7 Å². The number of methoxy groups -OCH3 is 1. The normalized spacial score (nSPS) is 14.8. The van der Waals surface area contributed by atoms with Crippen molar-refractivity contribution in [2.75, 3.05) is 20.2 Å². The number of benzene rings is 2. The molecule has 0 unspecified atom stereocenters. The highest BCUT2D eigenvalue weighted by Gasteiger charge is 2.27. The lowest BCUT2D eigenvalue weighted by Gasteiger charge is -2.30. The highest BCUT2D eigenvalue weighted by molar-refractivity contribution is 5.98. The number of hydrogen-bond acceptors (Lipinski definition) is 4. The third-order valence-electron chi connectivity index (χ3n) is 4.99. The van der Waals surface area contributed by atoms with Crippen LogP contribution in [-0.2, 0) is 9.53 Å². The van der Waals surface area contributed by atoms with Crippen LogP contribution in [0.25, 0.3) is 6.08 Å². The molecule has 0 atom stereocenters. The third-order valence-corrected chi connectivity index (χ3v) is 4.99. The number of ketones is 1. The van der Waals surface area contributed by atoms with Crippen LogP contribution in [0.5, 0.6) is 0 Å². The summed E-state index contributed by atoms with van der Waals surface area (Å²) in [5.74, 6) is -0.322. The summed E-state index contributed by atoms with van der Waals surface area (Å²) >= 11 is 0. The van der Waals surface area contributed by atoms with Crippen LogP contribution in [0.2, 0.25) is 0 Å². The minimum absolute atomic E-state index is 0.0266. The summed E-state index contributed by atoms with van der Waals surface area (Å²) in [6.45, 7) is 1.15. The molecule has 1 aliphatic rings. The molecule has 1 amide bonds. The van der Waals surface area contributed by atoms with Crippen molar-refractivity contribution in [1.29, 1.82) is 0 Å². The van der Waals surface area contributed by atoms with Gasteiger partial charge in [0.15, 0.2) is 5.78 Å². The number of Topliss-reactive ketones (excluding diaryl/α,β-unsaturated/α-hetero) is 1. The summed E-state index contributed by atoms with van der Waals surface area (Å²) in [5.41, 5.74) is 2.04. The molecule has 1 saturated heterocycles. The molecule has 1 fully saturated rings. The summed E-state index contributed by atoms with van der Waals surface area (Å²) < 4.78 is 4.67. The summed E-state index contributed by atoms with van der Waals surface area (Å²) in [5, 5.41) is 0. The third kappa shape index (κ3) is 4.74. The molecule has 5 nitrogen and oxygen atoms in total. The molecule has 0 N–H and O–H groups in total. The molecule has 0 bridgehead atoms. The largest absolute Gasteiger partial charge is 0.465 e. The fourth-order valence-corrected chi connectivity index (χ4v) is 3.32. The fourth-order valence-electron chi connectivity index (χ4n) is 3.32. The summed E-state index contributed by atoms with van der Waals surface area (Å²) in [7, 11) is 1.34. The number of nitrogens with zero attached hydrogens (tertiary/aromatic N) is 1. The van der Waals surface area contributed by atoms with Gasteiger partial charge in [-0.2, -0.15) is 0 Å². The standard InChI is InChI=1S/C23H23NO4/c1-28-23(27)20-10-7-17(8-11-20)9-12-21(25)24-15-13-19(14-16-24)22(26)18-5-3-2-4-6-18/h2-12,19H,13-16H2,1H3. The van der Waals surface area contributed by atoms with Crippen molar-refractivity contribution in [2.24, 2.45) is 5.92 Å². The summed E-state index contributed by atoms with van der Waals surface area (Å²) in [6, 6.07) is 16.2. The second kappa shape index (κ2) is 9.13. The van der Waals surface area contributed by atoms with Crippen molar-refractivity contribution < 1.29 is 19.1 Å². The number of carbonyl (C=O) groups is 3. The van der Waals surface area contributed by atoms with Crippen LogP contribution in [0, 0.1) is 5.92 Å². The molecule has 2 aromatic carbocycles. The van der Waals surface area contributed by atoms with Gasteiger partial charge in [-0.25, -0.2) is 4.79 Å². The van der Waals surface area contributed by atoms with Crippen molar-refractivity contribution in [2.45, 2.75) is 12.8 Å². The Hall–Kier alpha value is -3.21. The van der Waals surface area contributed by atoms with Crippen molar-refractivity contribution >= 4 is 23.7 Å². The molecule has 1 aliphatic heterocycles. The first-order valence-electron chi connectivity index (χ1n) is 9.33. The molecule has 0 aliphatic carbocycles. The van der Waals surface area contributed by atoms with E-state index < -0.39 is 0 Å². The molecule has 3 rings (SSSR count). The Morgan fingerprint density at radius 2 is 1.57 bits per heavy atom. The zero-order valence-electron chi connectivity index (χ0n) is 15.8. The van der Waals surface area contributed by atoms with Gasteiger partial charge in [0.2, 0.25) is 5.91 Å². The molecule has 2 aromatic rings. The van der Waals surface area contributed by atoms with E-state index in [9.17, 15) is 14.4 Å². The molecule has 0 spiro atoms. The Labute approximate surface area is 164 Å². The average Bonchev–Trinajstić information content (AvgIpc) is 2.77. The average molecular weight is 377 g/mol. The summed E-state index contributed by atoms with van der Waals surface area (Å²) in [4.78, 5) is 38.2. The van der Waals surface area contributed by atoms with Crippen LogP contribution in [0.4, 0.5) is 0 Å². The Balaban J connectivity index is 1.53. The Bertz CT molecular complexity index is 863. The lowest BCUT2D eigenvalue weighted by Crippen LogP contribution is -2.39. The van der Waals surface area contributed by atoms with E-state index in [4.69, 9.17) is 0 Å². The molecular formula is C23H23NO4. The van der Waals surface area contributed by atoms with E-state index in [2.05, 4.69) is 4.74 Å². The van der Waals surface area contributed by atoms with E-state index in [1.807, 2.05) is 30.3 Å². The van der Waals surface area contributed by atoms with Gasteiger partial charge in [-0.3, -0.25) is 9.59 Å². The van der Waals surface area contributed by atoms with Gasteiger partial charge in [0.05, 0.1) is 12.7 Å². The van der Waals surface area contributed by atoms with E-state index >= 15 is 0 Å². The first-order valence-corrected chi connectivity index (χ1v) is 9.33. The minimum atomic E-state index is -0.389. The number of rotatable bonds is 5. The van der Waals surface area contributed by atoms with Gasteiger partial charge in [-0.05, 0) is 36.6 Å². The molecule has 0 saturated carbocycles. The summed E-state index contributed by atoms with van der Waals surface area (Å²) in [6.07, 6.45) is 4.62. The van der Waals surface area contributed by atoms with Gasteiger partial charge >= 0.3 is 5.97 Å². The van der Waals surface area contributed by atoms with E-state index in [1.165, 1.54) is 13.2 Å². The second-order valence-corrected chi connectivity index (χ2v) is 6.78. The maximum Gasteiger partial charge on any atom is 0.337 e. The van der Waals surface area contributed by atoms with Gasteiger partial charge in [-0.15, -0.1) is 0 Å².